The third-order valence-electron chi connectivity index (χ3n) is 2.00. The van der Waals surface area contributed by atoms with Gasteiger partial charge in [-0.05, 0) is 12.8 Å². The second-order valence-electron chi connectivity index (χ2n) is 3.42. The molecule has 1 unspecified atom stereocenters. The van der Waals surface area contributed by atoms with Crippen LogP contribution in [0.3, 0.4) is 0 Å². The number of aromatic nitrogens is 2. The average Bonchev–Trinajstić information content (AvgIpc) is 2.12. The van der Waals surface area contributed by atoms with Crippen molar-refractivity contribution in [3.8, 4) is 5.88 Å². The lowest BCUT2D eigenvalue weighted by atomic mass is 10.1. The Morgan fingerprint density at radius 2 is 2.14 bits per heavy atom. The zero-order valence-corrected chi connectivity index (χ0v) is 9.13. The number of H-pyrrole nitrogens is 1. The van der Waals surface area contributed by atoms with Gasteiger partial charge in [-0.3, -0.25) is 4.79 Å². The molecular weight excluding hydrogens is 204 g/mol. The lowest BCUT2D eigenvalue weighted by molar-refractivity contribution is 0.163. The number of aromatic amines is 1. The summed E-state index contributed by atoms with van der Waals surface area (Å²) in [5, 5.41) is 0.000000000000000444. The fraction of sp³-hybridized carbons (Fsp3) is 0.556. The van der Waals surface area contributed by atoms with Crippen molar-refractivity contribution in [3.05, 3.63) is 21.7 Å². The first kappa shape index (κ1) is 11.0. The van der Waals surface area contributed by atoms with Crippen LogP contribution in [0.25, 0.3) is 0 Å². The van der Waals surface area contributed by atoms with E-state index in [0.29, 0.717) is 5.92 Å². The van der Waals surface area contributed by atoms with E-state index < -0.39 is 0 Å². The number of rotatable bonds is 3. The molecule has 0 saturated heterocycles. The molecule has 1 rings (SSSR count). The molecule has 0 aromatic carbocycles. The van der Waals surface area contributed by atoms with Gasteiger partial charge in [-0.1, -0.05) is 25.4 Å². The van der Waals surface area contributed by atoms with Gasteiger partial charge >= 0.3 is 0 Å². The van der Waals surface area contributed by atoms with Crippen LogP contribution in [0.5, 0.6) is 5.88 Å². The fourth-order valence-corrected chi connectivity index (χ4v) is 0.909. The molecule has 0 amide bonds. The molecule has 78 valence electrons. The maximum absolute atomic E-state index is 11.1. The summed E-state index contributed by atoms with van der Waals surface area (Å²) < 4.78 is 5.42. The molecule has 14 heavy (non-hydrogen) atoms. The van der Waals surface area contributed by atoms with Gasteiger partial charge in [-0.2, -0.15) is 0 Å². The summed E-state index contributed by atoms with van der Waals surface area (Å²) in [7, 11) is 0. The van der Waals surface area contributed by atoms with Gasteiger partial charge in [0.2, 0.25) is 5.88 Å². The van der Waals surface area contributed by atoms with E-state index in [2.05, 4.69) is 9.97 Å². The molecule has 1 aromatic heterocycles. The molecule has 5 heteroatoms. The molecule has 0 aliphatic rings. The maximum atomic E-state index is 11.1. The highest BCUT2D eigenvalue weighted by molar-refractivity contribution is 6.31. The third-order valence-corrected chi connectivity index (χ3v) is 2.33. The highest BCUT2D eigenvalue weighted by atomic mass is 35.5. The largest absolute Gasteiger partial charge is 0.473 e. The Kier molecular flexibility index (Phi) is 3.52. The lowest BCUT2D eigenvalue weighted by Gasteiger charge is -2.17. The smallest absolute Gasteiger partial charge is 0.273 e. The molecule has 0 aliphatic carbocycles. The fourth-order valence-electron chi connectivity index (χ4n) is 0.761. The molecule has 0 aliphatic heterocycles. The van der Waals surface area contributed by atoms with Crippen LogP contribution in [-0.2, 0) is 0 Å². The zero-order chi connectivity index (χ0) is 10.7. The molecular formula is C9H13ClN2O2. The second kappa shape index (κ2) is 4.46. The summed E-state index contributed by atoms with van der Waals surface area (Å²) in [4.78, 5) is 17.3. The molecule has 1 heterocycles. The van der Waals surface area contributed by atoms with Crippen LogP contribution in [0.4, 0.5) is 0 Å². The summed E-state index contributed by atoms with van der Waals surface area (Å²) in [6.45, 7) is 5.95. The minimum Gasteiger partial charge on any atom is -0.473 e. The summed E-state index contributed by atoms with van der Waals surface area (Å²) >= 11 is 5.71. The van der Waals surface area contributed by atoms with Crippen molar-refractivity contribution >= 4 is 11.6 Å². The van der Waals surface area contributed by atoms with Gasteiger partial charge in [0, 0.05) is 0 Å². The Labute approximate surface area is 87.3 Å². The van der Waals surface area contributed by atoms with Crippen LogP contribution >= 0.6 is 11.6 Å². The van der Waals surface area contributed by atoms with E-state index in [4.69, 9.17) is 16.3 Å². The molecule has 1 N–H and O–H groups in total. The lowest BCUT2D eigenvalue weighted by Crippen LogP contribution is -2.21. The van der Waals surface area contributed by atoms with Crippen molar-refractivity contribution in [1.29, 1.82) is 0 Å². The highest BCUT2D eigenvalue weighted by Crippen LogP contribution is 2.18. The minimum absolute atomic E-state index is 0.000000000000000444. The predicted molar refractivity (Wildman–Crippen MR) is 54.8 cm³/mol. The SMILES string of the molecule is CC(C)C(C)Oc1nc[nH]c(=O)c1Cl. The summed E-state index contributed by atoms with van der Waals surface area (Å²) in [6, 6.07) is 0. The van der Waals surface area contributed by atoms with Gasteiger partial charge in [0.1, 0.15) is 0 Å². The van der Waals surface area contributed by atoms with Crippen LogP contribution in [0.2, 0.25) is 5.02 Å². The first-order valence-electron chi connectivity index (χ1n) is 4.42. The number of halogens is 1. The molecule has 4 nitrogen and oxygen atoms in total. The molecule has 0 saturated carbocycles. The first-order chi connectivity index (χ1) is 6.52. The van der Waals surface area contributed by atoms with Crippen LogP contribution in [0.1, 0.15) is 20.8 Å². The summed E-state index contributed by atoms with van der Waals surface area (Å²) in [6.07, 6.45) is 1.25. The standard InChI is InChI=1S/C9H13ClN2O2/c1-5(2)6(3)14-9-7(10)8(13)11-4-12-9/h4-6H,1-3H3,(H,11,12,13). The quantitative estimate of drug-likeness (QED) is 0.839. The van der Waals surface area contributed by atoms with Crippen molar-refractivity contribution in [2.24, 2.45) is 5.92 Å². The van der Waals surface area contributed by atoms with Crippen molar-refractivity contribution in [3.63, 3.8) is 0 Å². The molecule has 0 bridgehead atoms. The van der Waals surface area contributed by atoms with Crippen LogP contribution < -0.4 is 10.3 Å². The Balaban J connectivity index is 2.87. The second-order valence-corrected chi connectivity index (χ2v) is 3.80. The van der Waals surface area contributed by atoms with Gasteiger partial charge in [0.15, 0.2) is 5.02 Å². The Hall–Kier alpha value is -1.03. The Morgan fingerprint density at radius 1 is 1.50 bits per heavy atom. The van der Waals surface area contributed by atoms with Gasteiger partial charge in [-0.15, -0.1) is 0 Å². The number of hydrogen-bond donors (Lipinski definition) is 1. The summed E-state index contributed by atoms with van der Waals surface area (Å²) in [5.41, 5.74) is -0.382. The first-order valence-corrected chi connectivity index (χ1v) is 4.80. The van der Waals surface area contributed by atoms with E-state index in [1.165, 1.54) is 6.33 Å². The average molecular weight is 217 g/mol. The number of nitrogens with zero attached hydrogens (tertiary/aromatic N) is 1. The van der Waals surface area contributed by atoms with Crippen molar-refractivity contribution < 1.29 is 4.74 Å². The van der Waals surface area contributed by atoms with Crippen molar-refractivity contribution in [2.75, 3.05) is 0 Å². The van der Waals surface area contributed by atoms with E-state index in [0.717, 1.165) is 0 Å². The summed E-state index contributed by atoms with van der Waals surface area (Å²) in [5.74, 6) is 0.531. The van der Waals surface area contributed by atoms with E-state index in [1.54, 1.807) is 0 Å². The third kappa shape index (κ3) is 2.48. The predicted octanol–water partition coefficient (Wildman–Crippen LogP) is 1.85. The number of hydrogen-bond acceptors (Lipinski definition) is 3. The van der Waals surface area contributed by atoms with Gasteiger partial charge < -0.3 is 9.72 Å². The van der Waals surface area contributed by atoms with E-state index in [-0.39, 0.29) is 22.6 Å². The normalized spacial score (nSPS) is 12.9. The van der Waals surface area contributed by atoms with Crippen molar-refractivity contribution in [1.82, 2.24) is 9.97 Å². The highest BCUT2D eigenvalue weighted by Gasteiger charge is 2.13. The Bertz CT molecular complexity index is 362. The Morgan fingerprint density at radius 3 is 2.71 bits per heavy atom. The van der Waals surface area contributed by atoms with Crippen LogP contribution in [0.15, 0.2) is 11.1 Å². The van der Waals surface area contributed by atoms with Gasteiger partial charge in [0.05, 0.1) is 12.4 Å². The molecule has 0 fully saturated rings. The molecule has 0 spiro atoms. The number of ether oxygens (including phenoxy) is 1. The van der Waals surface area contributed by atoms with E-state index in [9.17, 15) is 4.79 Å². The van der Waals surface area contributed by atoms with E-state index in [1.807, 2.05) is 20.8 Å². The molecule has 0 radical (unpaired) electrons. The van der Waals surface area contributed by atoms with E-state index >= 15 is 0 Å². The van der Waals surface area contributed by atoms with Crippen molar-refractivity contribution in [2.45, 2.75) is 26.9 Å². The van der Waals surface area contributed by atoms with Gasteiger partial charge in [-0.25, -0.2) is 4.98 Å². The topological polar surface area (TPSA) is 55.0 Å². The number of nitrogens with one attached hydrogen (secondary N) is 1. The molecule has 1 atom stereocenters. The van der Waals surface area contributed by atoms with Crippen LogP contribution in [0, 0.1) is 5.92 Å². The maximum Gasteiger partial charge on any atom is 0.273 e. The minimum atomic E-state index is -0.382. The van der Waals surface area contributed by atoms with Gasteiger partial charge in [0.25, 0.3) is 5.56 Å². The monoisotopic (exact) mass is 216 g/mol. The zero-order valence-electron chi connectivity index (χ0n) is 8.37. The van der Waals surface area contributed by atoms with Crippen LogP contribution in [-0.4, -0.2) is 16.1 Å². The molecule has 1 aromatic rings.